The molecule has 0 amide bonds. The van der Waals surface area contributed by atoms with Crippen LogP contribution in [0.5, 0.6) is 0 Å². The Hall–Kier alpha value is -0.167. The van der Waals surface area contributed by atoms with E-state index in [4.69, 9.17) is 0 Å². The van der Waals surface area contributed by atoms with Crippen LogP contribution in [0.2, 0.25) is 0 Å². The summed E-state index contributed by atoms with van der Waals surface area (Å²) in [6.45, 7) is 4.18. The van der Waals surface area contributed by atoms with Crippen LogP contribution in [0.1, 0.15) is 31.3 Å². The molecule has 0 aromatic carbocycles. The Morgan fingerprint density at radius 3 is 2.73 bits per heavy atom. The largest absolute Gasteiger partial charge is 0.349 e. The van der Waals surface area contributed by atoms with Gasteiger partial charge >= 0.3 is 0 Å². The number of hydrogen-bond acceptors (Lipinski definition) is 1. The van der Waals surface area contributed by atoms with Crippen molar-refractivity contribution in [3.8, 4) is 0 Å². The van der Waals surface area contributed by atoms with Gasteiger partial charge in [-0.2, -0.15) is 0 Å². The van der Waals surface area contributed by atoms with Gasteiger partial charge in [0.15, 0.2) is 0 Å². The van der Waals surface area contributed by atoms with Crippen LogP contribution in [0.4, 0.5) is 0 Å². The molecular weight excluding hydrogens is 189 g/mol. The molecule has 1 heterocycles. The molecule has 1 aromatic heterocycles. The predicted molar refractivity (Wildman–Crippen MR) is 41.9 cm³/mol. The molecule has 0 bridgehead atoms. The van der Waals surface area contributed by atoms with Crippen molar-refractivity contribution in [2.24, 2.45) is 0 Å². The van der Waals surface area contributed by atoms with Crippen molar-refractivity contribution in [3.05, 3.63) is 17.7 Å². The molecule has 0 spiro atoms. The van der Waals surface area contributed by atoms with Crippen LogP contribution < -0.4 is 0 Å². The van der Waals surface area contributed by atoms with E-state index in [1.54, 1.807) is 0 Å². The van der Waals surface area contributed by atoms with E-state index < -0.39 is 0 Å². The van der Waals surface area contributed by atoms with Crippen molar-refractivity contribution < 1.29 is 19.5 Å². The number of aryl methyl sites for hydroxylation is 2. The first-order chi connectivity index (χ1) is 4.83. The Labute approximate surface area is 80.6 Å². The van der Waals surface area contributed by atoms with E-state index in [2.05, 4.69) is 16.9 Å². The number of rotatable bonds is 3. The zero-order valence-corrected chi connectivity index (χ0v) is 10.3. The second kappa shape index (κ2) is 5.48. The number of nitrogens with one attached hydrogen (secondary N) is 1. The first-order valence-corrected chi connectivity index (χ1v) is 3.84. The Kier molecular flexibility index (Phi) is 5.40. The summed E-state index contributed by atoms with van der Waals surface area (Å²) in [6, 6.07) is 0. The molecule has 0 fully saturated rings. The minimum Gasteiger partial charge on any atom is -0.349 e. The number of aromatic nitrogens is 2. The van der Waals surface area contributed by atoms with Crippen LogP contribution in [0.3, 0.4) is 0 Å². The topological polar surface area (TPSA) is 28.7 Å². The van der Waals surface area contributed by atoms with Gasteiger partial charge in [-0.3, -0.25) is 0 Å². The SMILES string of the molecule is CCCCc1c[nH]c(C)n1.[Zn]. The summed E-state index contributed by atoms with van der Waals surface area (Å²) >= 11 is 0. The van der Waals surface area contributed by atoms with Gasteiger partial charge in [0, 0.05) is 25.7 Å². The summed E-state index contributed by atoms with van der Waals surface area (Å²) in [4.78, 5) is 7.36. The van der Waals surface area contributed by atoms with Gasteiger partial charge in [0.1, 0.15) is 5.82 Å². The normalized spacial score (nSPS) is 9.27. The van der Waals surface area contributed by atoms with E-state index >= 15 is 0 Å². The van der Waals surface area contributed by atoms with Crippen LogP contribution in [0, 0.1) is 6.92 Å². The number of unbranched alkanes of at least 4 members (excludes halogenated alkanes) is 1. The van der Waals surface area contributed by atoms with Gasteiger partial charge in [0.25, 0.3) is 0 Å². The molecular formula is C8H14N2Zn. The van der Waals surface area contributed by atoms with E-state index in [0.29, 0.717) is 0 Å². The van der Waals surface area contributed by atoms with Gasteiger partial charge in [-0.05, 0) is 19.8 Å². The average molecular weight is 204 g/mol. The number of H-pyrrole nitrogens is 1. The minimum atomic E-state index is 0. The fourth-order valence-corrected chi connectivity index (χ4v) is 0.954. The molecule has 0 unspecified atom stereocenters. The molecule has 58 valence electrons. The Morgan fingerprint density at radius 2 is 2.27 bits per heavy atom. The molecule has 11 heavy (non-hydrogen) atoms. The van der Waals surface area contributed by atoms with Crippen LogP contribution >= 0.6 is 0 Å². The molecule has 0 atom stereocenters. The molecule has 0 saturated carbocycles. The third-order valence-electron chi connectivity index (χ3n) is 1.55. The summed E-state index contributed by atoms with van der Waals surface area (Å²) < 4.78 is 0. The molecule has 0 saturated heterocycles. The van der Waals surface area contributed by atoms with Gasteiger partial charge < -0.3 is 4.98 Å². The van der Waals surface area contributed by atoms with Crippen LogP contribution in [-0.2, 0) is 25.9 Å². The van der Waals surface area contributed by atoms with Crippen molar-refractivity contribution in [2.45, 2.75) is 33.1 Å². The Bertz CT molecular complexity index is 196. The minimum absolute atomic E-state index is 0. The molecule has 0 aliphatic heterocycles. The van der Waals surface area contributed by atoms with Crippen molar-refractivity contribution in [3.63, 3.8) is 0 Å². The maximum Gasteiger partial charge on any atom is 0.103 e. The molecule has 0 aliphatic carbocycles. The Balaban J connectivity index is 0.000001000. The van der Waals surface area contributed by atoms with Crippen LogP contribution in [0.25, 0.3) is 0 Å². The number of aromatic amines is 1. The molecule has 1 aromatic rings. The molecule has 0 aliphatic rings. The third-order valence-corrected chi connectivity index (χ3v) is 1.55. The first-order valence-electron chi connectivity index (χ1n) is 3.84. The maximum absolute atomic E-state index is 4.29. The van der Waals surface area contributed by atoms with Gasteiger partial charge in [-0.15, -0.1) is 0 Å². The standard InChI is InChI=1S/C8H14N2.Zn/c1-3-4-5-8-6-9-7(2)10-8;/h6H,3-5H2,1-2H3,(H,9,10);. The fourth-order valence-electron chi connectivity index (χ4n) is 0.954. The Morgan fingerprint density at radius 1 is 1.55 bits per heavy atom. The fraction of sp³-hybridized carbons (Fsp3) is 0.625. The maximum atomic E-state index is 4.29. The molecule has 1 rings (SSSR count). The molecule has 1 N–H and O–H groups in total. The predicted octanol–water partition coefficient (Wildman–Crippen LogP) is 2.06. The average Bonchev–Trinajstić information content (AvgIpc) is 2.31. The second-order valence-electron chi connectivity index (χ2n) is 2.58. The zero-order valence-electron chi connectivity index (χ0n) is 7.35. The van der Waals surface area contributed by atoms with E-state index in [9.17, 15) is 0 Å². The van der Waals surface area contributed by atoms with Gasteiger partial charge in [0.05, 0.1) is 5.69 Å². The van der Waals surface area contributed by atoms with E-state index in [1.165, 1.54) is 18.5 Å². The van der Waals surface area contributed by atoms with Gasteiger partial charge in [-0.25, -0.2) is 4.98 Å². The monoisotopic (exact) mass is 202 g/mol. The van der Waals surface area contributed by atoms with Crippen LogP contribution in [-0.4, -0.2) is 9.97 Å². The summed E-state index contributed by atoms with van der Waals surface area (Å²) in [5.41, 5.74) is 1.19. The van der Waals surface area contributed by atoms with Gasteiger partial charge in [-0.1, -0.05) is 13.3 Å². The summed E-state index contributed by atoms with van der Waals surface area (Å²) in [5, 5.41) is 0. The second-order valence-corrected chi connectivity index (χ2v) is 2.58. The first kappa shape index (κ1) is 10.8. The van der Waals surface area contributed by atoms with Crippen molar-refractivity contribution in [2.75, 3.05) is 0 Å². The molecule has 3 heteroatoms. The molecule has 0 radical (unpaired) electrons. The summed E-state index contributed by atoms with van der Waals surface area (Å²) in [5.74, 6) is 1.02. The quantitative estimate of drug-likeness (QED) is 0.749. The van der Waals surface area contributed by atoms with E-state index in [1.807, 2.05) is 13.1 Å². The number of hydrogen-bond donors (Lipinski definition) is 1. The van der Waals surface area contributed by atoms with Crippen LogP contribution in [0.15, 0.2) is 6.20 Å². The number of imidazole rings is 1. The van der Waals surface area contributed by atoms with E-state index in [0.717, 1.165) is 12.2 Å². The zero-order chi connectivity index (χ0) is 7.40. The van der Waals surface area contributed by atoms with Crippen molar-refractivity contribution in [1.29, 1.82) is 0 Å². The van der Waals surface area contributed by atoms with Gasteiger partial charge in [0.2, 0.25) is 0 Å². The summed E-state index contributed by atoms with van der Waals surface area (Å²) in [7, 11) is 0. The molecule has 2 nitrogen and oxygen atoms in total. The number of nitrogens with zero attached hydrogens (tertiary/aromatic N) is 1. The van der Waals surface area contributed by atoms with Crippen molar-refractivity contribution in [1.82, 2.24) is 9.97 Å². The summed E-state index contributed by atoms with van der Waals surface area (Å²) in [6.07, 6.45) is 5.59. The van der Waals surface area contributed by atoms with E-state index in [-0.39, 0.29) is 19.5 Å². The van der Waals surface area contributed by atoms with Crippen molar-refractivity contribution >= 4 is 0 Å². The third kappa shape index (κ3) is 3.66. The smallest absolute Gasteiger partial charge is 0.103 e.